The summed E-state index contributed by atoms with van der Waals surface area (Å²) in [4.78, 5) is 34.9. The molecule has 3 aromatic heterocycles. The lowest BCUT2D eigenvalue weighted by molar-refractivity contribution is 0.0672. The fraction of sp³-hybridized carbons (Fsp3) is 0.133. The molecule has 0 saturated heterocycles. The Bertz CT molecular complexity index is 1840. The first kappa shape index (κ1) is 27.5. The van der Waals surface area contributed by atoms with Crippen molar-refractivity contribution >= 4 is 16.8 Å². The lowest BCUT2D eigenvalue weighted by atomic mass is 9.97. The number of ether oxygens (including phenoxy) is 2. The topological polar surface area (TPSA) is 83.3 Å². The number of carbonyl (C=O) groups excluding carboxylic acids is 1. The standard InChI is InChI=1S/C30H21F4N3O4/c1-16-27(18-4-6-19(31)7-5-18)29(39)21(15-37(16)30(33)34)24(38)12-17-3-8-25(22(32)11-17)41-26-9-10-35-23-13-20(40-2)14-36-28(23)26/h3-11,13-15,30H,12H2,1-2H3. The normalized spacial score (nSPS) is 11.2. The highest BCUT2D eigenvalue weighted by Gasteiger charge is 2.23. The van der Waals surface area contributed by atoms with E-state index in [9.17, 15) is 22.8 Å². The molecular formula is C30H21F4N3O4. The number of rotatable bonds is 8. The molecule has 41 heavy (non-hydrogen) atoms. The van der Waals surface area contributed by atoms with E-state index in [0.29, 0.717) is 21.4 Å². The van der Waals surface area contributed by atoms with Gasteiger partial charge >= 0.3 is 6.55 Å². The van der Waals surface area contributed by atoms with E-state index >= 15 is 4.39 Å². The second kappa shape index (κ2) is 11.2. The van der Waals surface area contributed by atoms with E-state index in [-0.39, 0.29) is 33.9 Å². The summed E-state index contributed by atoms with van der Waals surface area (Å²) >= 11 is 0. The van der Waals surface area contributed by atoms with Crippen LogP contribution in [-0.2, 0) is 6.42 Å². The monoisotopic (exact) mass is 563 g/mol. The Hall–Kier alpha value is -5.06. The molecular weight excluding hydrogens is 542 g/mol. The summed E-state index contributed by atoms with van der Waals surface area (Å²) in [5.74, 6) is -1.59. The third-order valence-electron chi connectivity index (χ3n) is 6.46. The predicted molar refractivity (Wildman–Crippen MR) is 143 cm³/mol. The van der Waals surface area contributed by atoms with Crippen LogP contribution in [0.15, 0.2) is 78.0 Å². The molecule has 0 aliphatic carbocycles. The zero-order valence-corrected chi connectivity index (χ0v) is 21.7. The summed E-state index contributed by atoms with van der Waals surface area (Å²) in [5, 5.41) is 0. The maximum Gasteiger partial charge on any atom is 0.318 e. The summed E-state index contributed by atoms with van der Waals surface area (Å²) in [6.45, 7) is -1.73. The van der Waals surface area contributed by atoms with Gasteiger partial charge in [0.25, 0.3) is 0 Å². The van der Waals surface area contributed by atoms with Crippen molar-refractivity contribution < 1.29 is 31.8 Å². The summed E-state index contributed by atoms with van der Waals surface area (Å²) in [5.41, 5.74) is -0.308. The highest BCUT2D eigenvalue weighted by Crippen LogP contribution is 2.31. The van der Waals surface area contributed by atoms with E-state index in [1.807, 2.05) is 0 Å². The van der Waals surface area contributed by atoms with Gasteiger partial charge in [-0.15, -0.1) is 0 Å². The van der Waals surface area contributed by atoms with E-state index in [0.717, 1.165) is 24.4 Å². The second-order valence-electron chi connectivity index (χ2n) is 9.04. The van der Waals surface area contributed by atoms with Gasteiger partial charge in [-0.05, 0) is 42.3 Å². The highest BCUT2D eigenvalue weighted by molar-refractivity contribution is 5.98. The van der Waals surface area contributed by atoms with E-state index in [4.69, 9.17) is 9.47 Å². The lowest BCUT2D eigenvalue weighted by Crippen LogP contribution is -2.24. The number of carbonyl (C=O) groups is 1. The molecule has 11 heteroatoms. The number of hydrogen-bond donors (Lipinski definition) is 0. The minimum atomic E-state index is -3.05. The molecule has 0 aliphatic rings. The van der Waals surface area contributed by atoms with Crippen LogP contribution in [-0.4, -0.2) is 27.4 Å². The highest BCUT2D eigenvalue weighted by atomic mass is 19.3. The number of nitrogens with zero attached hydrogens (tertiary/aromatic N) is 3. The molecule has 7 nitrogen and oxygen atoms in total. The average Bonchev–Trinajstić information content (AvgIpc) is 2.95. The van der Waals surface area contributed by atoms with Crippen molar-refractivity contribution in [3.05, 3.63) is 112 Å². The third-order valence-corrected chi connectivity index (χ3v) is 6.46. The quantitative estimate of drug-likeness (QED) is 0.155. The van der Waals surface area contributed by atoms with Gasteiger partial charge in [0.15, 0.2) is 28.5 Å². The minimum absolute atomic E-state index is 0.0859. The van der Waals surface area contributed by atoms with E-state index in [2.05, 4.69) is 9.97 Å². The molecule has 0 unspecified atom stereocenters. The molecule has 0 atom stereocenters. The van der Waals surface area contributed by atoms with Gasteiger partial charge in [0.2, 0.25) is 0 Å². The van der Waals surface area contributed by atoms with Gasteiger partial charge in [0, 0.05) is 42.2 Å². The van der Waals surface area contributed by atoms with Crippen LogP contribution in [0.4, 0.5) is 17.6 Å². The number of halogens is 4. The number of ketones is 1. The second-order valence-corrected chi connectivity index (χ2v) is 9.04. The average molecular weight is 564 g/mol. The van der Waals surface area contributed by atoms with Crippen molar-refractivity contribution in [2.45, 2.75) is 19.9 Å². The molecule has 0 aliphatic heterocycles. The zero-order valence-electron chi connectivity index (χ0n) is 21.7. The van der Waals surface area contributed by atoms with Crippen LogP contribution in [0.2, 0.25) is 0 Å². The maximum absolute atomic E-state index is 15.0. The van der Waals surface area contributed by atoms with Crippen LogP contribution in [0, 0.1) is 18.6 Å². The van der Waals surface area contributed by atoms with E-state index in [1.165, 1.54) is 56.8 Å². The zero-order chi connectivity index (χ0) is 29.3. The van der Waals surface area contributed by atoms with Gasteiger partial charge in [-0.3, -0.25) is 19.1 Å². The van der Waals surface area contributed by atoms with Crippen LogP contribution < -0.4 is 14.9 Å². The SMILES string of the molecule is COc1cnc2c(Oc3ccc(CC(=O)c4cn(C(F)F)c(C)c(-c5ccc(F)cc5)c4=O)cc3F)ccnc2c1. The summed E-state index contributed by atoms with van der Waals surface area (Å²) < 4.78 is 67.5. The fourth-order valence-electron chi connectivity index (χ4n) is 4.40. The smallest absolute Gasteiger partial charge is 0.318 e. The molecule has 0 saturated carbocycles. The first-order valence-electron chi connectivity index (χ1n) is 12.2. The largest absolute Gasteiger partial charge is 0.495 e. The number of pyridine rings is 3. The van der Waals surface area contributed by atoms with E-state index < -0.39 is 41.4 Å². The molecule has 0 spiro atoms. The molecule has 5 rings (SSSR count). The third kappa shape index (κ3) is 5.51. The number of hydrogen-bond acceptors (Lipinski definition) is 6. The molecule has 0 fully saturated rings. The molecule has 3 heterocycles. The Morgan fingerprint density at radius 1 is 1.00 bits per heavy atom. The van der Waals surface area contributed by atoms with Crippen molar-refractivity contribution in [3.8, 4) is 28.4 Å². The molecule has 0 bridgehead atoms. The Kier molecular flexibility index (Phi) is 7.52. The number of fused-ring (bicyclic) bond motifs is 1. The summed E-state index contributed by atoms with van der Waals surface area (Å²) in [7, 11) is 1.49. The number of alkyl halides is 2. The Labute approximate surface area is 230 Å². The Morgan fingerprint density at radius 2 is 1.76 bits per heavy atom. The lowest BCUT2D eigenvalue weighted by Gasteiger charge is -2.16. The first-order valence-corrected chi connectivity index (χ1v) is 12.2. The molecule has 5 aromatic rings. The maximum atomic E-state index is 15.0. The summed E-state index contributed by atoms with van der Waals surface area (Å²) in [6.07, 6.45) is 3.29. The van der Waals surface area contributed by atoms with Crippen LogP contribution in [0.1, 0.15) is 28.2 Å². The number of benzene rings is 2. The van der Waals surface area contributed by atoms with Gasteiger partial charge in [-0.25, -0.2) is 13.8 Å². The number of Topliss-reactive ketones (excluding diaryl/α,β-unsaturated/α-hetero) is 1. The molecule has 0 amide bonds. The molecule has 208 valence electrons. The minimum Gasteiger partial charge on any atom is -0.495 e. The first-order chi connectivity index (χ1) is 19.7. The number of methoxy groups -OCH3 is 1. The Balaban J connectivity index is 1.44. The van der Waals surface area contributed by atoms with Crippen molar-refractivity contribution in [1.29, 1.82) is 0 Å². The van der Waals surface area contributed by atoms with Gasteiger partial charge in [0.1, 0.15) is 17.1 Å². The van der Waals surface area contributed by atoms with Crippen molar-refractivity contribution in [3.63, 3.8) is 0 Å². The summed E-state index contributed by atoms with van der Waals surface area (Å²) in [6, 6.07) is 11.7. The molecule has 0 radical (unpaired) electrons. The van der Waals surface area contributed by atoms with Crippen molar-refractivity contribution in [1.82, 2.24) is 14.5 Å². The van der Waals surface area contributed by atoms with Gasteiger partial charge < -0.3 is 9.47 Å². The van der Waals surface area contributed by atoms with E-state index in [1.54, 1.807) is 6.07 Å². The molecule has 0 N–H and O–H groups in total. The van der Waals surface area contributed by atoms with Crippen LogP contribution >= 0.6 is 0 Å². The van der Waals surface area contributed by atoms with Crippen LogP contribution in [0.25, 0.3) is 22.2 Å². The van der Waals surface area contributed by atoms with Crippen molar-refractivity contribution in [2.75, 3.05) is 7.11 Å². The van der Waals surface area contributed by atoms with Crippen molar-refractivity contribution in [2.24, 2.45) is 0 Å². The van der Waals surface area contributed by atoms with Crippen LogP contribution in [0.5, 0.6) is 17.2 Å². The van der Waals surface area contributed by atoms with Gasteiger partial charge in [-0.1, -0.05) is 18.2 Å². The predicted octanol–water partition coefficient (Wildman–Crippen LogP) is 6.67. The Morgan fingerprint density at radius 3 is 2.44 bits per heavy atom. The van der Waals surface area contributed by atoms with Gasteiger partial charge in [0.05, 0.1) is 24.4 Å². The molecule has 2 aromatic carbocycles. The van der Waals surface area contributed by atoms with Crippen LogP contribution in [0.3, 0.4) is 0 Å². The fourth-order valence-corrected chi connectivity index (χ4v) is 4.40. The van der Waals surface area contributed by atoms with Gasteiger partial charge in [-0.2, -0.15) is 8.78 Å². The number of aromatic nitrogens is 3.